The van der Waals surface area contributed by atoms with Gasteiger partial charge in [-0.2, -0.15) is 4.72 Å². The van der Waals surface area contributed by atoms with Crippen LogP contribution in [0.25, 0.3) is 10.6 Å². The number of pyridine rings is 1. The zero-order valence-electron chi connectivity index (χ0n) is 15.4. The maximum absolute atomic E-state index is 13.0. The van der Waals surface area contributed by atoms with Crippen LogP contribution in [0, 0.1) is 0 Å². The molecule has 1 aliphatic rings. The van der Waals surface area contributed by atoms with Crippen LogP contribution in [0.2, 0.25) is 5.02 Å². The van der Waals surface area contributed by atoms with Crippen molar-refractivity contribution in [2.45, 2.75) is 28.7 Å². The van der Waals surface area contributed by atoms with Crippen molar-refractivity contribution in [2.75, 3.05) is 0 Å². The van der Waals surface area contributed by atoms with E-state index in [1.807, 2.05) is 0 Å². The molecule has 1 aliphatic carbocycles. The fourth-order valence-corrected chi connectivity index (χ4v) is 6.26. The third-order valence-corrected chi connectivity index (χ3v) is 8.42. The van der Waals surface area contributed by atoms with Crippen LogP contribution in [0.4, 0.5) is 0 Å². The zero-order chi connectivity index (χ0) is 21.5. The van der Waals surface area contributed by atoms with Gasteiger partial charge in [-0.25, -0.2) is 8.42 Å². The van der Waals surface area contributed by atoms with E-state index in [4.69, 9.17) is 11.6 Å². The van der Waals surface area contributed by atoms with Crippen LogP contribution in [-0.4, -0.2) is 35.1 Å². The Balaban J connectivity index is 1.62. The van der Waals surface area contributed by atoms with Gasteiger partial charge in [0.25, 0.3) is 10.0 Å². The number of thiophene rings is 1. The lowest BCUT2D eigenvalue weighted by Gasteiger charge is -2.16. The first-order valence-electron chi connectivity index (χ1n) is 8.94. The molecule has 2 unspecified atom stereocenters. The number of hydrogen-bond donors (Lipinski definition) is 3. The quantitative estimate of drug-likeness (QED) is 0.494. The standard InChI is InChI=1S/C20H17ClN2O5S2/c21-13-5-6-16(22-10-13)17-7-8-18(29-17)30(27,28)23-20(19(25)26)9-15(20)14-4-2-1-3-12(14)11-24/h1-8,10,15,23-24H,9,11H2,(H,25,26). The molecule has 0 spiro atoms. The number of aliphatic carboxylic acids is 1. The molecule has 3 aromatic rings. The SMILES string of the molecule is O=C(O)C1(NS(=O)(=O)c2ccc(-c3ccc(Cl)cn3)s2)CC1c1ccccc1CO. The molecule has 1 saturated carbocycles. The molecule has 30 heavy (non-hydrogen) atoms. The second-order valence-electron chi connectivity index (χ2n) is 6.98. The minimum atomic E-state index is -4.08. The van der Waals surface area contributed by atoms with Gasteiger partial charge >= 0.3 is 5.97 Å². The predicted molar refractivity (Wildman–Crippen MR) is 113 cm³/mol. The fraction of sp³-hybridized carbons (Fsp3) is 0.200. The van der Waals surface area contributed by atoms with Crippen LogP contribution in [0.1, 0.15) is 23.5 Å². The highest BCUT2D eigenvalue weighted by Crippen LogP contribution is 2.53. The molecule has 4 rings (SSSR count). The van der Waals surface area contributed by atoms with Crippen LogP contribution in [-0.2, 0) is 21.4 Å². The Kier molecular flexibility index (Phi) is 5.41. The zero-order valence-corrected chi connectivity index (χ0v) is 17.8. The number of rotatable bonds is 7. The second-order valence-corrected chi connectivity index (χ2v) is 10.4. The van der Waals surface area contributed by atoms with Gasteiger partial charge in [0.1, 0.15) is 9.75 Å². The molecule has 0 radical (unpaired) electrons. The maximum Gasteiger partial charge on any atom is 0.325 e. The first kappa shape index (κ1) is 21.0. The Morgan fingerprint density at radius 1 is 1.23 bits per heavy atom. The smallest absolute Gasteiger partial charge is 0.325 e. The summed E-state index contributed by atoms with van der Waals surface area (Å²) in [7, 11) is -4.08. The van der Waals surface area contributed by atoms with Gasteiger partial charge < -0.3 is 10.2 Å². The average Bonchev–Trinajstić information content (AvgIpc) is 3.20. The van der Waals surface area contributed by atoms with Gasteiger partial charge in [-0.3, -0.25) is 9.78 Å². The third kappa shape index (κ3) is 3.75. The highest BCUT2D eigenvalue weighted by atomic mass is 35.5. The average molecular weight is 465 g/mol. The number of hydrogen-bond acceptors (Lipinski definition) is 6. The monoisotopic (exact) mass is 464 g/mol. The summed E-state index contributed by atoms with van der Waals surface area (Å²) >= 11 is 6.83. The molecule has 10 heteroatoms. The topological polar surface area (TPSA) is 117 Å². The van der Waals surface area contributed by atoms with Crippen LogP contribution in [0.3, 0.4) is 0 Å². The van der Waals surface area contributed by atoms with Gasteiger partial charge in [-0.05, 0) is 41.8 Å². The van der Waals surface area contributed by atoms with Crippen molar-refractivity contribution in [1.82, 2.24) is 9.71 Å². The molecular formula is C20H17ClN2O5S2. The first-order chi connectivity index (χ1) is 14.3. The number of sulfonamides is 1. The summed E-state index contributed by atoms with van der Waals surface area (Å²) in [6.45, 7) is -0.252. The Labute approximate surface area is 182 Å². The van der Waals surface area contributed by atoms with Crippen molar-refractivity contribution in [1.29, 1.82) is 0 Å². The Bertz CT molecular complexity index is 1210. The van der Waals surface area contributed by atoms with Crippen molar-refractivity contribution in [3.8, 4) is 10.6 Å². The molecule has 1 aromatic carbocycles. The molecule has 0 amide bonds. The van der Waals surface area contributed by atoms with Crippen molar-refractivity contribution in [3.63, 3.8) is 0 Å². The summed E-state index contributed by atoms with van der Waals surface area (Å²) in [4.78, 5) is 16.8. The van der Waals surface area contributed by atoms with Crippen molar-refractivity contribution >= 4 is 38.9 Å². The van der Waals surface area contributed by atoms with Crippen molar-refractivity contribution in [2.24, 2.45) is 0 Å². The van der Waals surface area contributed by atoms with Crippen molar-refractivity contribution < 1.29 is 23.4 Å². The Morgan fingerprint density at radius 2 is 2.00 bits per heavy atom. The predicted octanol–water partition coefficient (Wildman–Crippen LogP) is 3.25. The molecular weight excluding hydrogens is 448 g/mol. The number of aliphatic hydroxyl groups is 1. The van der Waals surface area contributed by atoms with E-state index in [9.17, 15) is 23.4 Å². The summed E-state index contributed by atoms with van der Waals surface area (Å²) < 4.78 is 28.3. The Hall–Kier alpha value is -2.30. The second kappa shape index (κ2) is 7.75. The molecule has 0 bridgehead atoms. The van der Waals surface area contributed by atoms with E-state index in [1.165, 1.54) is 12.3 Å². The largest absolute Gasteiger partial charge is 0.480 e. The van der Waals surface area contributed by atoms with Crippen molar-refractivity contribution in [3.05, 3.63) is 70.9 Å². The van der Waals surface area contributed by atoms with Crippen LogP contribution >= 0.6 is 22.9 Å². The summed E-state index contributed by atoms with van der Waals surface area (Å²) in [5, 5.41) is 19.8. The van der Waals surface area contributed by atoms with E-state index < -0.39 is 27.4 Å². The van der Waals surface area contributed by atoms with Gasteiger partial charge in [0.05, 0.1) is 22.2 Å². The van der Waals surface area contributed by atoms with E-state index in [0.717, 1.165) is 11.3 Å². The minimum Gasteiger partial charge on any atom is -0.480 e. The lowest BCUT2D eigenvalue weighted by atomic mass is 10.0. The number of carboxylic acid groups (broad SMARTS) is 1. The summed E-state index contributed by atoms with van der Waals surface area (Å²) in [5.41, 5.74) is 0.131. The number of carboxylic acids is 1. The lowest BCUT2D eigenvalue weighted by molar-refractivity contribution is -0.140. The Morgan fingerprint density at radius 3 is 2.67 bits per heavy atom. The number of benzene rings is 1. The summed E-state index contributed by atoms with van der Waals surface area (Å²) in [6.07, 6.45) is 1.57. The molecule has 0 saturated heterocycles. The van der Waals surface area contributed by atoms with Gasteiger partial charge in [0.2, 0.25) is 0 Å². The number of aliphatic hydroxyl groups excluding tert-OH is 1. The van der Waals surface area contributed by atoms with Crippen LogP contribution in [0.15, 0.2) is 58.9 Å². The van der Waals surface area contributed by atoms with E-state index in [2.05, 4.69) is 9.71 Å². The number of halogens is 1. The maximum atomic E-state index is 13.0. The van der Waals surface area contributed by atoms with E-state index in [1.54, 1.807) is 42.5 Å². The molecule has 2 aromatic heterocycles. The van der Waals surface area contributed by atoms with Gasteiger partial charge in [-0.15, -0.1) is 11.3 Å². The summed E-state index contributed by atoms with van der Waals surface area (Å²) in [6, 6.07) is 13.3. The number of nitrogens with zero attached hydrogens (tertiary/aromatic N) is 1. The minimum absolute atomic E-state index is 0.00373. The summed E-state index contributed by atoms with van der Waals surface area (Å²) in [5.74, 6) is -1.81. The third-order valence-electron chi connectivity index (χ3n) is 5.09. The van der Waals surface area contributed by atoms with Gasteiger partial charge in [0, 0.05) is 12.1 Å². The first-order valence-corrected chi connectivity index (χ1v) is 11.6. The van der Waals surface area contributed by atoms with Crippen LogP contribution in [0.5, 0.6) is 0 Å². The molecule has 7 nitrogen and oxygen atoms in total. The van der Waals surface area contributed by atoms with Gasteiger partial charge in [-0.1, -0.05) is 35.9 Å². The molecule has 3 N–H and O–H groups in total. The van der Waals surface area contributed by atoms with Crippen LogP contribution < -0.4 is 4.72 Å². The molecule has 2 heterocycles. The molecule has 1 fully saturated rings. The van der Waals surface area contributed by atoms with E-state index in [0.29, 0.717) is 26.7 Å². The molecule has 0 aliphatic heterocycles. The van der Waals surface area contributed by atoms with E-state index >= 15 is 0 Å². The molecule has 156 valence electrons. The van der Waals surface area contributed by atoms with E-state index in [-0.39, 0.29) is 17.2 Å². The highest BCUT2D eigenvalue weighted by Gasteiger charge is 2.63. The molecule has 2 atom stereocenters. The normalized spacial score (nSPS) is 20.8. The number of carbonyl (C=O) groups is 1. The number of nitrogens with one attached hydrogen (secondary N) is 1. The fourth-order valence-electron chi connectivity index (χ4n) is 3.46. The van der Waals surface area contributed by atoms with Gasteiger partial charge in [0.15, 0.2) is 0 Å². The number of aromatic nitrogens is 1. The highest BCUT2D eigenvalue weighted by molar-refractivity contribution is 7.91. The lowest BCUT2D eigenvalue weighted by Crippen LogP contribution is -2.44.